The molecule has 3 N–H and O–H groups in total. The first-order valence-electron chi connectivity index (χ1n) is 6.65. The van der Waals surface area contributed by atoms with E-state index in [2.05, 4.69) is 5.32 Å². The van der Waals surface area contributed by atoms with Gasteiger partial charge in [0.15, 0.2) is 0 Å². The molecule has 1 aromatic rings. The van der Waals surface area contributed by atoms with E-state index >= 15 is 0 Å². The van der Waals surface area contributed by atoms with Crippen molar-refractivity contribution in [2.24, 2.45) is 0 Å². The number of nitrogens with two attached hydrogens (primary N) is 1. The van der Waals surface area contributed by atoms with Crippen molar-refractivity contribution >= 4 is 5.69 Å². The molecule has 112 valence electrons. The first-order valence-corrected chi connectivity index (χ1v) is 6.65. The molecule has 6 heteroatoms. The highest BCUT2D eigenvalue weighted by molar-refractivity contribution is 5.59. The number of methoxy groups -OCH3 is 1. The number of ether oxygens (including phenoxy) is 1. The molecule has 20 heavy (non-hydrogen) atoms. The van der Waals surface area contributed by atoms with Crippen LogP contribution in [-0.4, -0.2) is 25.9 Å². The van der Waals surface area contributed by atoms with Gasteiger partial charge in [-0.1, -0.05) is 6.07 Å². The Hall–Kier alpha value is -1.43. The Labute approximate surface area is 116 Å². The van der Waals surface area contributed by atoms with E-state index in [4.69, 9.17) is 10.5 Å². The van der Waals surface area contributed by atoms with Crippen molar-refractivity contribution in [2.45, 2.75) is 37.9 Å². The fraction of sp³-hybridized carbons (Fsp3) is 0.571. The summed E-state index contributed by atoms with van der Waals surface area (Å²) in [5.41, 5.74) is 8.59. The second kappa shape index (κ2) is 5.91. The van der Waals surface area contributed by atoms with E-state index in [1.807, 2.05) is 6.07 Å². The molecule has 1 aromatic carbocycles. The normalized spacial score (nSPS) is 19.3. The highest BCUT2D eigenvalue weighted by atomic mass is 19.4. The number of fused-ring (bicyclic) bond motifs is 1. The van der Waals surface area contributed by atoms with Crippen LogP contribution in [0.25, 0.3) is 0 Å². The molecule has 0 radical (unpaired) electrons. The fourth-order valence-corrected chi connectivity index (χ4v) is 2.69. The summed E-state index contributed by atoms with van der Waals surface area (Å²) in [5, 5.41) is 2.59. The van der Waals surface area contributed by atoms with Gasteiger partial charge in [-0.3, -0.25) is 0 Å². The highest BCUT2D eigenvalue weighted by Crippen LogP contribution is 2.33. The number of rotatable bonds is 3. The van der Waals surface area contributed by atoms with Gasteiger partial charge in [-0.2, -0.15) is 13.2 Å². The van der Waals surface area contributed by atoms with Gasteiger partial charge >= 0.3 is 6.18 Å². The maximum Gasteiger partial charge on any atom is 0.401 e. The largest absolute Gasteiger partial charge is 0.494 e. The van der Waals surface area contributed by atoms with Crippen LogP contribution in [0, 0.1) is 0 Å². The minimum Gasteiger partial charge on any atom is -0.494 e. The van der Waals surface area contributed by atoms with Crippen LogP contribution in [0.5, 0.6) is 5.75 Å². The number of hydrogen-bond acceptors (Lipinski definition) is 3. The lowest BCUT2D eigenvalue weighted by molar-refractivity contribution is -0.126. The lowest BCUT2D eigenvalue weighted by atomic mass is 10.0. The summed E-state index contributed by atoms with van der Waals surface area (Å²) in [6.45, 7) is -0.937. The van der Waals surface area contributed by atoms with E-state index in [-0.39, 0.29) is 6.04 Å². The van der Waals surface area contributed by atoms with Gasteiger partial charge in [0.2, 0.25) is 0 Å². The lowest BCUT2D eigenvalue weighted by Gasteiger charge is -2.17. The Kier molecular flexibility index (Phi) is 4.42. The van der Waals surface area contributed by atoms with E-state index in [0.29, 0.717) is 30.7 Å². The SMILES string of the molecule is COc1c(N)ccc2c1CCC(NCC(F)(F)F)CC2. The second-order valence-electron chi connectivity index (χ2n) is 5.10. The number of alkyl halides is 3. The average molecular weight is 288 g/mol. The van der Waals surface area contributed by atoms with Gasteiger partial charge < -0.3 is 15.8 Å². The third-order valence-corrected chi connectivity index (χ3v) is 3.69. The molecule has 0 bridgehead atoms. The average Bonchev–Trinajstić information content (AvgIpc) is 2.58. The quantitative estimate of drug-likeness (QED) is 0.664. The number of aryl methyl sites for hydroxylation is 1. The fourth-order valence-electron chi connectivity index (χ4n) is 2.69. The van der Waals surface area contributed by atoms with Crippen molar-refractivity contribution in [1.29, 1.82) is 0 Å². The van der Waals surface area contributed by atoms with Crippen LogP contribution in [0.2, 0.25) is 0 Å². The maximum atomic E-state index is 12.2. The first-order chi connectivity index (χ1) is 9.40. The van der Waals surface area contributed by atoms with Gasteiger partial charge in [0.1, 0.15) is 5.75 Å². The van der Waals surface area contributed by atoms with E-state index in [0.717, 1.165) is 17.5 Å². The predicted molar refractivity (Wildman–Crippen MR) is 71.9 cm³/mol. The smallest absolute Gasteiger partial charge is 0.401 e. The molecule has 3 nitrogen and oxygen atoms in total. The van der Waals surface area contributed by atoms with Crippen LogP contribution in [-0.2, 0) is 12.8 Å². The monoisotopic (exact) mass is 288 g/mol. The summed E-state index contributed by atoms with van der Waals surface area (Å²) in [7, 11) is 1.57. The molecule has 1 aliphatic carbocycles. The van der Waals surface area contributed by atoms with Crippen molar-refractivity contribution in [1.82, 2.24) is 5.32 Å². The van der Waals surface area contributed by atoms with Gasteiger partial charge in [0.25, 0.3) is 0 Å². The summed E-state index contributed by atoms with van der Waals surface area (Å²) in [5.74, 6) is 0.666. The zero-order chi connectivity index (χ0) is 14.8. The Bertz CT molecular complexity index is 474. The summed E-state index contributed by atoms with van der Waals surface area (Å²) in [4.78, 5) is 0. The van der Waals surface area contributed by atoms with Crippen LogP contribution in [0.1, 0.15) is 24.0 Å². The molecule has 0 fully saturated rings. The van der Waals surface area contributed by atoms with Crippen LogP contribution < -0.4 is 15.8 Å². The summed E-state index contributed by atoms with van der Waals surface area (Å²) in [6.07, 6.45) is -1.40. The molecule has 0 saturated carbocycles. The topological polar surface area (TPSA) is 47.3 Å². The number of anilines is 1. The van der Waals surface area contributed by atoms with Gasteiger partial charge in [0.05, 0.1) is 19.3 Å². The van der Waals surface area contributed by atoms with Crippen molar-refractivity contribution in [3.8, 4) is 5.75 Å². The standard InChI is InChI=1S/C14H19F3N2O/c1-20-13-11-6-5-10(19-8-14(15,16)17)4-2-9(11)3-7-12(13)18/h3,7,10,19H,2,4-6,8,18H2,1H3. The summed E-state index contributed by atoms with van der Waals surface area (Å²) < 4.78 is 42.1. The number of benzene rings is 1. The molecule has 0 spiro atoms. The van der Waals surface area contributed by atoms with Crippen LogP contribution in [0.15, 0.2) is 12.1 Å². The zero-order valence-corrected chi connectivity index (χ0v) is 11.4. The van der Waals surface area contributed by atoms with Crippen molar-refractivity contribution in [3.05, 3.63) is 23.3 Å². The molecule has 0 aliphatic heterocycles. The van der Waals surface area contributed by atoms with Gasteiger partial charge in [-0.25, -0.2) is 0 Å². The number of halogens is 3. The van der Waals surface area contributed by atoms with E-state index in [1.165, 1.54) is 0 Å². The molecular formula is C14H19F3N2O. The minimum absolute atomic E-state index is 0.130. The third kappa shape index (κ3) is 3.56. The molecule has 0 aromatic heterocycles. The van der Waals surface area contributed by atoms with E-state index < -0.39 is 12.7 Å². The predicted octanol–water partition coefficient (Wildman–Crippen LogP) is 2.68. The van der Waals surface area contributed by atoms with Gasteiger partial charge in [-0.15, -0.1) is 0 Å². The number of hydrogen-bond donors (Lipinski definition) is 2. The van der Waals surface area contributed by atoms with Gasteiger partial charge in [0, 0.05) is 6.04 Å². The number of nitrogens with one attached hydrogen (secondary N) is 1. The Morgan fingerprint density at radius 2 is 2.00 bits per heavy atom. The van der Waals surface area contributed by atoms with E-state index in [1.54, 1.807) is 13.2 Å². The molecule has 2 rings (SSSR count). The van der Waals surface area contributed by atoms with Crippen molar-refractivity contribution in [2.75, 3.05) is 19.4 Å². The highest BCUT2D eigenvalue weighted by Gasteiger charge is 2.29. The Morgan fingerprint density at radius 1 is 1.30 bits per heavy atom. The number of nitrogen functional groups attached to an aromatic ring is 1. The molecule has 0 amide bonds. The van der Waals surface area contributed by atoms with Crippen LogP contribution >= 0.6 is 0 Å². The van der Waals surface area contributed by atoms with Crippen LogP contribution in [0.3, 0.4) is 0 Å². The van der Waals surface area contributed by atoms with Gasteiger partial charge in [-0.05, 0) is 42.9 Å². The molecule has 1 unspecified atom stereocenters. The molecule has 0 heterocycles. The first kappa shape index (κ1) is 15.0. The van der Waals surface area contributed by atoms with E-state index in [9.17, 15) is 13.2 Å². The molecular weight excluding hydrogens is 269 g/mol. The van der Waals surface area contributed by atoms with Crippen molar-refractivity contribution < 1.29 is 17.9 Å². The molecule has 1 aliphatic rings. The molecule has 1 atom stereocenters. The maximum absolute atomic E-state index is 12.2. The Balaban J connectivity index is 2.07. The Morgan fingerprint density at radius 3 is 2.65 bits per heavy atom. The lowest BCUT2D eigenvalue weighted by Crippen LogP contribution is -2.37. The molecule has 0 saturated heterocycles. The summed E-state index contributed by atoms with van der Waals surface area (Å²) in [6, 6.07) is 3.61. The third-order valence-electron chi connectivity index (χ3n) is 3.69. The van der Waals surface area contributed by atoms with Crippen LogP contribution in [0.4, 0.5) is 18.9 Å². The zero-order valence-electron chi connectivity index (χ0n) is 11.4. The van der Waals surface area contributed by atoms with Crippen molar-refractivity contribution in [3.63, 3.8) is 0 Å². The second-order valence-corrected chi connectivity index (χ2v) is 5.10. The summed E-state index contributed by atoms with van der Waals surface area (Å²) >= 11 is 0. The minimum atomic E-state index is -4.17.